The molecule has 0 aliphatic carbocycles. The summed E-state index contributed by atoms with van der Waals surface area (Å²) in [7, 11) is 1.98. The van der Waals surface area contributed by atoms with Crippen molar-refractivity contribution in [2.45, 2.75) is 33.0 Å². The van der Waals surface area contributed by atoms with Gasteiger partial charge in [0.05, 0.1) is 12.3 Å². The lowest BCUT2D eigenvalue weighted by molar-refractivity contribution is -0.0176. The van der Waals surface area contributed by atoms with Crippen LogP contribution in [0.3, 0.4) is 0 Å². The summed E-state index contributed by atoms with van der Waals surface area (Å²) in [5, 5.41) is 3.98. The van der Waals surface area contributed by atoms with Crippen molar-refractivity contribution in [2.75, 3.05) is 13.8 Å². The first-order valence-electron chi connectivity index (χ1n) is 7.30. The van der Waals surface area contributed by atoms with Crippen molar-refractivity contribution in [1.82, 2.24) is 10.1 Å². The Bertz CT molecular complexity index is 657. The van der Waals surface area contributed by atoms with Crippen molar-refractivity contribution in [1.29, 1.82) is 0 Å². The summed E-state index contributed by atoms with van der Waals surface area (Å²) in [6.45, 7) is 3.90. The molecule has 118 valence electrons. The van der Waals surface area contributed by atoms with E-state index in [1.54, 1.807) is 6.26 Å². The molecule has 0 spiro atoms. The second kappa shape index (κ2) is 6.46. The number of hydrogen-bond donors (Lipinski definition) is 0. The number of fused-ring (bicyclic) bond motifs is 1. The summed E-state index contributed by atoms with van der Waals surface area (Å²) in [6, 6.07) is 2.99. The predicted octanol–water partition coefficient (Wildman–Crippen LogP) is 2.87. The number of hydrogen-bond acceptors (Lipinski definition) is 5. The second-order valence-corrected chi connectivity index (χ2v) is 5.48. The molecule has 5 nitrogen and oxygen atoms in total. The molecule has 0 saturated carbocycles. The molecule has 1 aromatic carbocycles. The van der Waals surface area contributed by atoms with Crippen LogP contribution in [0.5, 0.6) is 5.75 Å². The van der Waals surface area contributed by atoms with Gasteiger partial charge in [-0.2, -0.15) is 0 Å². The quantitative estimate of drug-likeness (QED) is 0.850. The van der Waals surface area contributed by atoms with Crippen LogP contribution in [0.4, 0.5) is 4.39 Å². The monoisotopic (exact) mass is 306 g/mol. The van der Waals surface area contributed by atoms with Gasteiger partial charge >= 0.3 is 0 Å². The van der Waals surface area contributed by atoms with Crippen LogP contribution in [0.25, 0.3) is 0 Å². The van der Waals surface area contributed by atoms with Gasteiger partial charge in [0.2, 0.25) is 0 Å². The van der Waals surface area contributed by atoms with Crippen LogP contribution >= 0.6 is 0 Å². The lowest BCUT2D eigenvalue weighted by atomic mass is 10.1. The van der Waals surface area contributed by atoms with Gasteiger partial charge in [0.1, 0.15) is 17.8 Å². The Morgan fingerprint density at radius 3 is 2.91 bits per heavy atom. The maximum atomic E-state index is 13.7. The number of ether oxygens (including phenoxy) is 2. The average Bonchev–Trinajstić information content (AvgIpc) is 2.94. The number of rotatable bonds is 5. The van der Waals surface area contributed by atoms with Gasteiger partial charge in [-0.15, -0.1) is 0 Å². The van der Waals surface area contributed by atoms with Crippen molar-refractivity contribution >= 4 is 0 Å². The second-order valence-electron chi connectivity index (χ2n) is 5.48. The van der Waals surface area contributed by atoms with Crippen LogP contribution in [0.2, 0.25) is 0 Å². The van der Waals surface area contributed by atoms with Crippen LogP contribution in [0.15, 0.2) is 22.9 Å². The normalized spacial score (nSPS) is 14.0. The fourth-order valence-corrected chi connectivity index (χ4v) is 2.71. The van der Waals surface area contributed by atoms with Crippen molar-refractivity contribution in [3.8, 4) is 5.75 Å². The van der Waals surface area contributed by atoms with Gasteiger partial charge < -0.3 is 14.0 Å². The summed E-state index contributed by atoms with van der Waals surface area (Å²) >= 11 is 0. The van der Waals surface area contributed by atoms with E-state index < -0.39 is 0 Å². The van der Waals surface area contributed by atoms with Gasteiger partial charge in [0.25, 0.3) is 0 Å². The Balaban J connectivity index is 1.76. The van der Waals surface area contributed by atoms with Crippen molar-refractivity contribution in [3.05, 3.63) is 46.6 Å². The maximum absolute atomic E-state index is 13.7. The highest BCUT2D eigenvalue weighted by Gasteiger charge is 2.18. The average molecular weight is 306 g/mol. The molecule has 22 heavy (non-hydrogen) atoms. The fraction of sp³-hybridized carbons (Fsp3) is 0.438. The fourth-order valence-electron chi connectivity index (χ4n) is 2.71. The lowest BCUT2D eigenvalue weighted by Gasteiger charge is -2.23. The van der Waals surface area contributed by atoms with Crippen LogP contribution in [0.1, 0.15) is 29.3 Å². The highest BCUT2D eigenvalue weighted by Crippen LogP contribution is 2.30. The van der Waals surface area contributed by atoms with Crippen LogP contribution < -0.4 is 4.74 Å². The van der Waals surface area contributed by atoms with E-state index in [0.717, 1.165) is 34.6 Å². The minimum Gasteiger partial charge on any atom is -0.467 e. The van der Waals surface area contributed by atoms with Crippen molar-refractivity contribution in [3.63, 3.8) is 0 Å². The molecule has 2 aromatic rings. The summed E-state index contributed by atoms with van der Waals surface area (Å²) in [5.41, 5.74) is 3.60. The maximum Gasteiger partial charge on any atom is 0.189 e. The van der Waals surface area contributed by atoms with E-state index in [1.807, 2.05) is 14.0 Å². The van der Waals surface area contributed by atoms with Crippen LogP contribution in [-0.4, -0.2) is 23.9 Å². The van der Waals surface area contributed by atoms with Gasteiger partial charge in [0.15, 0.2) is 6.79 Å². The van der Waals surface area contributed by atoms with Crippen LogP contribution in [-0.2, 0) is 30.9 Å². The lowest BCUT2D eigenvalue weighted by Crippen LogP contribution is -2.20. The molecular formula is C16H19FN2O3. The summed E-state index contributed by atoms with van der Waals surface area (Å²) in [4.78, 5) is 2.08. The largest absolute Gasteiger partial charge is 0.467 e. The molecule has 1 aliphatic rings. The molecule has 1 aromatic heterocycles. The van der Waals surface area contributed by atoms with Gasteiger partial charge in [-0.1, -0.05) is 12.1 Å². The SMILES string of the molecule is CCc1nocc1CN(C)Cc1cc(F)cc2c1OCOC2. The Morgan fingerprint density at radius 2 is 2.09 bits per heavy atom. The third-order valence-corrected chi connectivity index (χ3v) is 3.70. The molecule has 1 aliphatic heterocycles. The van der Waals surface area contributed by atoms with Gasteiger partial charge in [-0.25, -0.2) is 4.39 Å². The highest BCUT2D eigenvalue weighted by atomic mass is 19.1. The molecule has 6 heteroatoms. The summed E-state index contributed by atoms with van der Waals surface area (Å²) in [5.74, 6) is 0.469. The molecule has 0 bridgehead atoms. The van der Waals surface area contributed by atoms with Gasteiger partial charge in [-0.3, -0.25) is 4.90 Å². The molecule has 0 N–H and O–H groups in total. The third-order valence-electron chi connectivity index (χ3n) is 3.70. The molecule has 0 saturated heterocycles. The first-order chi connectivity index (χ1) is 10.7. The molecule has 0 unspecified atom stereocenters. The first-order valence-corrected chi connectivity index (χ1v) is 7.30. The predicted molar refractivity (Wildman–Crippen MR) is 77.7 cm³/mol. The Kier molecular flexibility index (Phi) is 4.40. The van der Waals surface area contributed by atoms with E-state index in [2.05, 4.69) is 10.1 Å². The van der Waals surface area contributed by atoms with Gasteiger partial charge in [0, 0.05) is 29.8 Å². The van der Waals surface area contributed by atoms with Crippen molar-refractivity contribution < 1.29 is 18.4 Å². The Hall–Kier alpha value is -1.92. The molecule has 0 radical (unpaired) electrons. The zero-order chi connectivity index (χ0) is 15.5. The molecular weight excluding hydrogens is 287 g/mol. The topological polar surface area (TPSA) is 47.7 Å². The van der Waals surface area contributed by atoms with E-state index >= 15 is 0 Å². The number of aryl methyl sites for hydroxylation is 1. The molecule has 0 atom stereocenters. The number of benzene rings is 1. The smallest absolute Gasteiger partial charge is 0.189 e. The molecule has 2 heterocycles. The molecule has 0 fully saturated rings. The standard InChI is InChI=1S/C16H19FN2O3/c1-3-15-13(9-22-18-15)7-19(2)6-11-4-14(17)5-12-8-20-10-21-16(11)12/h4-5,9H,3,6-8,10H2,1-2H3. The van der Waals surface area contributed by atoms with Crippen molar-refractivity contribution in [2.24, 2.45) is 0 Å². The van der Waals surface area contributed by atoms with E-state index in [9.17, 15) is 4.39 Å². The number of halogens is 1. The first kappa shape index (κ1) is 15.0. The highest BCUT2D eigenvalue weighted by molar-refractivity contribution is 5.42. The summed E-state index contributed by atoms with van der Waals surface area (Å²) in [6.07, 6.45) is 2.50. The van der Waals surface area contributed by atoms with E-state index in [0.29, 0.717) is 19.7 Å². The van der Waals surface area contributed by atoms with E-state index in [-0.39, 0.29) is 12.6 Å². The summed E-state index contributed by atoms with van der Waals surface area (Å²) < 4.78 is 29.5. The molecule has 3 rings (SSSR count). The Morgan fingerprint density at radius 1 is 1.27 bits per heavy atom. The zero-order valence-electron chi connectivity index (χ0n) is 12.8. The zero-order valence-corrected chi connectivity index (χ0v) is 12.8. The molecule has 0 amide bonds. The van der Waals surface area contributed by atoms with Crippen LogP contribution in [0, 0.1) is 5.82 Å². The number of nitrogens with zero attached hydrogens (tertiary/aromatic N) is 2. The minimum atomic E-state index is -0.268. The minimum absolute atomic E-state index is 0.209. The Labute approximate surface area is 128 Å². The van der Waals surface area contributed by atoms with E-state index in [1.165, 1.54) is 12.1 Å². The number of aromatic nitrogens is 1. The third kappa shape index (κ3) is 3.13. The van der Waals surface area contributed by atoms with E-state index in [4.69, 9.17) is 14.0 Å². The van der Waals surface area contributed by atoms with Gasteiger partial charge in [-0.05, 0) is 25.6 Å².